The summed E-state index contributed by atoms with van der Waals surface area (Å²) in [5, 5.41) is 5.06. The first-order chi connectivity index (χ1) is 14.0. The number of esters is 1. The van der Waals surface area contributed by atoms with E-state index in [1.165, 1.54) is 12.1 Å². The lowest BCUT2D eigenvalue weighted by Crippen LogP contribution is -2.16. The van der Waals surface area contributed by atoms with E-state index in [2.05, 4.69) is 20.6 Å². The fraction of sp³-hybridized carbons (Fsp3) is 0.100. The maximum atomic E-state index is 13.7. The van der Waals surface area contributed by atoms with Gasteiger partial charge in [-0.05, 0) is 31.2 Å². The van der Waals surface area contributed by atoms with Gasteiger partial charge in [-0.2, -0.15) is 0 Å². The van der Waals surface area contributed by atoms with Gasteiger partial charge in [-0.3, -0.25) is 4.79 Å². The number of aromatic nitrogens is 2. The Kier molecular flexibility index (Phi) is 6.08. The van der Waals surface area contributed by atoms with Crippen molar-refractivity contribution in [2.45, 2.75) is 6.92 Å². The molecule has 1 aromatic heterocycles. The third-order valence-electron chi connectivity index (χ3n) is 3.79. The third kappa shape index (κ3) is 4.70. The van der Waals surface area contributed by atoms with E-state index >= 15 is 0 Å². The van der Waals surface area contributed by atoms with Crippen LogP contribution in [-0.2, 0) is 4.74 Å². The summed E-state index contributed by atoms with van der Waals surface area (Å²) in [6, 6.07) is 11.1. The zero-order chi connectivity index (χ0) is 20.8. The quantitative estimate of drug-likeness (QED) is 0.611. The topological polar surface area (TPSA) is 93.2 Å². The molecule has 2 N–H and O–H groups in total. The molecule has 0 atom stereocenters. The smallest absolute Gasteiger partial charge is 0.340 e. The van der Waals surface area contributed by atoms with E-state index in [1.54, 1.807) is 31.2 Å². The number of nitrogens with one attached hydrogen (secondary N) is 2. The standard InChI is InChI=1S/C20H16F2N4O3/c1-2-29-20(28)12-6-3-4-9-15(12)25-17-10-16(23-11-24-17)19(27)26-18-13(21)7-5-8-14(18)22/h3-11H,2H2,1H3,(H,26,27)(H,23,24,25). The van der Waals surface area contributed by atoms with Gasteiger partial charge in [0.05, 0.1) is 17.9 Å². The van der Waals surface area contributed by atoms with Crippen molar-refractivity contribution >= 4 is 29.1 Å². The SMILES string of the molecule is CCOC(=O)c1ccccc1Nc1cc(C(=O)Nc2c(F)cccc2F)ncn1. The Morgan fingerprint density at radius 2 is 1.76 bits per heavy atom. The number of hydrogen-bond acceptors (Lipinski definition) is 6. The second-order valence-electron chi connectivity index (χ2n) is 5.73. The largest absolute Gasteiger partial charge is 0.462 e. The van der Waals surface area contributed by atoms with Gasteiger partial charge in [0.2, 0.25) is 0 Å². The summed E-state index contributed by atoms with van der Waals surface area (Å²) < 4.78 is 32.5. The van der Waals surface area contributed by atoms with Crippen molar-refractivity contribution in [1.29, 1.82) is 0 Å². The van der Waals surface area contributed by atoms with Crippen LogP contribution < -0.4 is 10.6 Å². The molecule has 0 aliphatic rings. The molecule has 0 radical (unpaired) electrons. The summed E-state index contributed by atoms with van der Waals surface area (Å²) in [5.74, 6) is -2.95. The van der Waals surface area contributed by atoms with Crippen molar-refractivity contribution in [2.75, 3.05) is 17.2 Å². The minimum atomic E-state index is -0.908. The lowest BCUT2D eigenvalue weighted by atomic mass is 10.2. The summed E-state index contributed by atoms with van der Waals surface area (Å²) in [4.78, 5) is 32.2. The normalized spacial score (nSPS) is 10.3. The lowest BCUT2D eigenvalue weighted by molar-refractivity contribution is 0.0527. The highest BCUT2D eigenvalue weighted by molar-refractivity contribution is 6.03. The van der Waals surface area contributed by atoms with Gasteiger partial charge < -0.3 is 15.4 Å². The molecule has 9 heteroatoms. The van der Waals surface area contributed by atoms with E-state index in [0.29, 0.717) is 5.69 Å². The van der Waals surface area contributed by atoms with Crippen LogP contribution in [0.25, 0.3) is 0 Å². The van der Waals surface area contributed by atoms with Crippen LogP contribution in [0.5, 0.6) is 0 Å². The molecule has 0 fully saturated rings. The molecular formula is C20H16F2N4O3. The molecule has 0 spiro atoms. The van der Waals surface area contributed by atoms with Crippen molar-refractivity contribution in [3.63, 3.8) is 0 Å². The highest BCUT2D eigenvalue weighted by atomic mass is 19.1. The number of halogens is 2. The Hall–Kier alpha value is -3.88. The number of ether oxygens (including phenoxy) is 1. The molecular weight excluding hydrogens is 382 g/mol. The molecule has 0 aliphatic heterocycles. The molecule has 1 amide bonds. The predicted molar refractivity (Wildman–Crippen MR) is 102 cm³/mol. The van der Waals surface area contributed by atoms with E-state index < -0.39 is 29.2 Å². The second kappa shape index (κ2) is 8.87. The molecule has 3 aromatic rings. The molecule has 0 unspecified atom stereocenters. The number of amides is 1. The summed E-state index contributed by atoms with van der Waals surface area (Å²) in [6.45, 7) is 1.92. The summed E-state index contributed by atoms with van der Waals surface area (Å²) in [6.07, 6.45) is 1.11. The monoisotopic (exact) mass is 398 g/mol. The molecule has 7 nitrogen and oxygen atoms in total. The average Bonchev–Trinajstić information content (AvgIpc) is 2.71. The highest BCUT2D eigenvalue weighted by Crippen LogP contribution is 2.22. The molecule has 148 valence electrons. The van der Waals surface area contributed by atoms with E-state index in [4.69, 9.17) is 4.74 Å². The summed E-state index contributed by atoms with van der Waals surface area (Å²) >= 11 is 0. The van der Waals surface area contributed by atoms with Crippen LogP contribution in [0.15, 0.2) is 54.9 Å². The van der Waals surface area contributed by atoms with E-state index in [-0.39, 0.29) is 23.7 Å². The molecule has 2 aromatic carbocycles. The minimum absolute atomic E-state index is 0.126. The number of anilines is 3. The lowest BCUT2D eigenvalue weighted by Gasteiger charge is -2.11. The Morgan fingerprint density at radius 3 is 2.48 bits per heavy atom. The number of carbonyl (C=O) groups is 2. The fourth-order valence-corrected chi connectivity index (χ4v) is 2.46. The number of nitrogens with zero attached hydrogens (tertiary/aromatic N) is 2. The van der Waals surface area contributed by atoms with E-state index in [0.717, 1.165) is 18.5 Å². The zero-order valence-corrected chi connectivity index (χ0v) is 15.3. The number of benzene rings is 2. The molecule has 0 saturated carbocycles. The van der Waals surface area contributed by atoms with Gasteiger partial charge in [0.1, 0.15) is 35.2 Å². The Morgan fingerprint density at radius 1 is 1.03 bits per heavy atom. The van der Waals surface area contributed by atoms with Gasteiger partial charge in [0, 0.05) is 6.07 Å². The third-order valence-corrected chi connectivity index (χ3v) is 3.79. The zero-order valence-electron chi connectivity index (χ0n) is 15.3. The number of rotatable bonds is 6. The maximum absolute atomic E-state index is 13.7. The van der Waals surface area contributed by atoms with Gasteiger partial charge in [0.15, 0.2) is 0 Å². The van der Waals surface area contributed by atoms with Crippen LogP contribution in [0.4, 0.5) is 26.0 Å². The van der Waals surface area contributed by atoms with Gasteiger partial charge in [-0.1, -0.05) is 18.2 Å². The van der Waals surface area contributed by atoms with Crippen molar-refractivity contribution in [2.24, 2.45) is 0 Å². The molecule has 0 bridgehead atoms. The van der Waals surface area contributed by atoms with Gasteiger partial charge >= 0.3 is 5.97 Å². The van der Waals surface area contributed by atoms with E-state index in [1.807, 2.05) is 0 Å². The van der Waals surface area contributed by atoms with Crippen LogP contribution in [-0.4, -0.2) is 28.5 Å². The maximum Gasteiger partial charge on any atom is 0.340 e. The van der Waals surface area contributed by atoms with Crippen LogP contribution in [0.2, 0.25) is 0 Å². The first-order valence-corrected chi connectivity index (χ1v) is 8.60. The molecule has 0 aliphatic carbocycles. The van der Waals surface area contributed by atoms with Crippen molar-refractivity contribution in [3.8, 4) is 0 Å². The number of para-hydroxylation sites is 2. The Balaban J connectivity index is 1.82. The van der Waals surface area contributed by atoms with Crippen molar-refractivity contribution in [1.82, 2.24) is 9.97 Å². The Bertz CT molecular complexity index is 1040. The van der Waals surface area contributed by atoms with Crippen LogP contribution in [0, 0.1) is 11.6 Å². The van der Waals surface area contributed by atoms with Crippen molar-refractivity contribution < 1.29 is 23.1 Å². The van der Waals surface area contributed by atoms with E-state index in [9.17, 15) is 18.4 Å². The van der Waals surface area contributed by atoms with Gasteiger partial charge in [-0.25, -0.2) is 23.5 Å². The highest BCUT2D eigenvalue weighted by Gasteiger charge is 2.16. The first kappa shape index (κ1) is 19.9. The fourth-order valence-electron chi connectivity index (χ4n) is 2.46. The second-order valence-corrected chi connectivity index (χ2v) is 5.73. The van der Waals surface area contributed by atoms with Crippen LogP contribution in [0.3, 0.4) is 0 Å². The number of hydrogen-bond donors (Lipinski definition) is 2. The summed E-state index contributed by atoms with van der Waals surface area (Å²) in [7, 11) is 0. The Labute approximate surface area is 164 Å². The first-order valence-electron chi connectivity index (χ1n) is 8.60. The van der Waals surface area contributed by atoms with Gasteiger partial charge in [0.25, 0.3) is 5.91 Å². The molecule has 3 rings (SSSR count). The van der Waals surface area contributed by atoms with Crippen LogP contribution in [0.1, 0.15) is 27.8 Å². The molecule has 0 saturated heterocycles. The van der Waals surface area contributed by atoms with Crippen molar-refractivity contribution in [3.05, 3.63) is 77.8 Å². The van der Waals surface area contributed by atoms with Crippen LogP contribution >= 0.6 is 0 Å². The average molecular weight is 398 g/mol. The minimum Gasteiger partial charge on any atom is -0.462 e. The molecule has 1 heterocycles. The molecule has 29 heavy (non-hydrogen) atoms. The summed E-state index contributed by atoms with van der Waals surface area (Å²) in [5.41, 5.74) is 0.000551. The predicted octanol–water partition coefficient (Wildman–Crippen LogP) is 3.93. The van der Waals surface area contributed by atoms with Gasteiger partial charge in [-0.15, -0.1) is 0 Å². The number of carbonyl (C=O) groups excluding carboxylic acids is 2.